The number of hydrogen-bond donors (Lipinski definition) is 2. The molecule has 0 amide bonds. The predicted molar refractivity (Wildman–Crippen MR) is 87.9 cm³/mol. The highest BCUT2D eigenvalue weighted by Crippen LogP contribution is 2.29. The van der Waals surface area contributed by atoms with Crippen LogP contribution < -0.4 is 5.32 Å². The van der Waals surface area contributed by atoms with Crippen LogP contribution in [-0.2, 0) is 0 Å². The SMILES string of the molecule is CC[C@@H](N=C(NC(C)O)c1nccs1)c1ccc(F)cc1Cl. The van der Waals surface area contributed by atoms with Crippen LogP contribution in [0.4, 0.5) is 4.39 Å². The van der Waals surface area contributed by atoms with E-state index >= 15 is 0 Å². The van der Waals surface area contributed by atoms with E-state index in [4.69, 9.17) is 11.6 Å². The van der Waals surface area contributed by atoms with E-state index in [-0.39, 0.29) is 11.9 Å². The molecule has 2 atom stereocenters. The fourth-order valence-electron chi connectivity index (χ4n) is 2.00. The van der Waals surface area contributed by atoms with Crippen molar-refractivity contribution in [3.8, 4) is 0 Å². The third-order valence-electron chi connectivity index (χ3n) is 2.97. The summed E-state index contributed by atoms with van der Waals surface area (Å²) in [7, 11) is 0. The Bertz CT molecular complexity index is 646. The predicted octanol–water partition coefficient (Wildman–Crippen LogP) is 3.76. The molecule has 118 valence electrons. The van der Waals surface area contributed by atoms with Gasteiger partial charge in [-0.15, -0.1) is 11.3 Å². The molecule has 2 rings (SSSR count). The lowest BCUT2D eigenvalue weighted by atomic mass is 10.1. The molecule has 0 aliphatic rings. The molecule has 0 saturated carbocycles. The molecule has 22 heavy (non-hydrogen) atoms. The monoisotopic (exact) mass is 341 g/mol. The Hall–Kier alpha value is -1.50. The van der Waals surface area contributed by atoms with E-state index in [1.807, 2.05) is 12.3 Å². The summed E-state index contributed by atoms with van der Waals surface area (Å²) >= 11 is 7.54. The Morgan fingerprint density at radius 2 is 2.32 bits per heavy atom. The summed E-state index contributed by atoms with van der Waals surface area (Å²) in [6.07, 6.45) is 1.59. The van der Waals surface area contributed by atoms with Gasteiger partial charge in [-0.1, -0.05) is 24.6 Å². The average molecular weight is 342 g/mol. The summed E-state index contributed by atoms with van der Waals surface area (Å²) in [5.41, 5.74) is 0.743. The number of halogens is 2. The first-order chi connectivity index (χ1) is 10.5. The van der Waals surface area contributed by atoms with Gasteiger partial charge in [-0.3, -0.25) is 4.99 Å². The zero-order chi connectivity index (χ0) is 16.1. The number of amidine groups is 1. The number of aliphatic imine (C=N–C) groups is 1. The summed E-state index contributed by atoms with van der Waals surface area (Å²) in [6, 6.07) is 4.03. The van der Waals surface area contributed by atoms with Crippen molar-refractivity contribution in [1.29, 1.82) is 0 Å². The number of thiazole rings is 1. The molecule has 2 N–H and O–H groups in total. The van der Waals surface area contributed by atoms with Crippen LogP contribution in [-0.4, -0.2) is 22.2 Å². The molecule has 1 aromatic carbocycles. The number of aliphatic hydroxyl groups is 1. The van der Waals surface area contributed by atoms with Gasteiger partial charge < -0.3 is 10.4 Å². The molecule has 7 heteroatoms. The minimum atomic E-state index is -0.760. The van der Waals surface area contributed by atoms with E-state index < -0.39 is 6.23 Å². The van der Waals surface area contributed by atoms with Crippen molar-refractivity contribution in [2.75, 3.05) is 0 Å². The van der Waals surface area contributed by atoms with Crippen LogP contribution in [0.3, 0.4) is 0 Å². The van der Waals surface area contributed by atoms with E-state index in [1.54, 1.807) is 19.2 Å². The average Bonchev–Trinajstić information content (AvgIpc) is 2.98. The van der Waals surface area contributed by atoms with Gasteiger partial charge in [-0.25, -0.2) is 9.37 Å². The number of rotatable bonds is 5. The van der Waals surface area contributed by atoms with Crippen LogP contribution in [0, 0.1) is 5.82 Å². The molecular formula is C15H17ClFN3OS. The van der Waals surface area contributed by atoms with Crippen LogP contribution in [0.5, 0.6) is 0 Å². The topological polar surface area (TPSA) is 57.5 Å². The van der Waals surface area contributed by atoms with E-state index in [0.717, 1.165) is 5.56 Å². The van der Waals surface area contributed by atoms with Gasteiger partial charge in [0.1, 0.15) is 12.0 Å². The summed E-state index contributed by atoms with van der Waals surface area (Å²) < 4.78 is 13.2. The summed E-state index contributed by atoms with van der Waals surface area (Å²) in [4.78, 5) is 8.83. The highest BCUT2D eigenvalue weighted by Gasteiger charge is 2.16. The first-order valence-corrected chi connectivity index (χ1v) is 8.14. The van der Waals surface area contributed by atoms with Crippen molar-refractivity contribution in [3.63, 3.8) is 0 Å². The second kappa shape index (κ2) is 7.67. The van der Waals surface area contributed by atoms with Crippen molar-refractivity contribution in [1.82, 2.24) is 10.3 Å². The minimum absolute atomic E-state index is 0.252. The van der Waals surface area contributed by atoms with Crippen molar-refractivity contribution in [2.24, 2.45) is 4.99 Å². The van der Waals surface area contributed by atoms with Gasteiger partial charge in [0.05, 0.1) is 6.04 Å². The highest BCUT2D eigenvalue weighted by atomic mass is 35.5. The summed E-state index contributed by atoms with van der Waals surface area (Å²) in [6.45, 7) is 3.57. The van der Waals surface area contributed by atoms with E-state index in [1.165, 1.54) is 23.5 Å². The molecule has 1 heterocycles. The molecule has 0 bridgehead atoms. The van der Waals surface area contributed by atoms with Crippen LogP contribution in [0.2, 0.25) is 5.02 Å². The molecule has 2 aromatic rings. The molecule has 1 aromatic heterocycles. The molecule has 0 fully saturated rings. The van der Waals surface area contributed by atoms with E-state index in [2.05, 4.69) is 15.3 Å². The van der Waals surface area contributed by atoms with Gasteiger partial charge in [0.15, 0.2) is 10.8 Å². The van der Waals surface area contributed by atoms with Crippen LogP contribution in [0.25, 0.3) is 0 Å². The first-order valence-electron chi connectivity index (χ1n) is 6.88. The maximum atomic E-state index is 13.2. The van der Waals surface area contributed by atoms with Crippen molar-refractivity contribution in [3.05, 3.63) is 51.2 Å². The Kier molecular flexibility index (Phi) is 5.88. The standard InChI is InChI=1S/C15H17ClFN3OS/c1-3-13(11-5-4-10(17)8-12(11)16)20-14(19-9(2)21)15-18-6-7-22-15/h4-9,13,21H,3H2,1-2H3,(H,19,20)/t9?,13-/m1/s1. The zero-order valence-corrected chi connectivity index (χ0v) is 13.8. The third kappa shape index (κ3) is 4.25. The molecule has 4 nitrogen and oxygen atoms in total. The lowest BCUT2D eigenvalue weighted by molar-refractivity contribution is 0.180. The largest absolute Gasteiger partial charge is 0.374 e. The highest BCUT2D eigenvalue weighted by molar-refractivity contribution is 7.11. The van der Waals surface area contributed by atoms with Crippen molar-refractivity contribution >= 4 is 28.8 Å². The van der Waals surface area contributed by atoms with Gasteiger partial charge in [0, 0.05) is 16.6 Å². The maximum Gasteiger partial charge on any atom is 0.160 e. The number of hydrogen-bond acceptors (Lipinski definition) is 4. The molecular weight excluding hydrogens is 325 g/mol. The summed E-state index contributed by atoms with van der Waals surface area (Å²) in [5.74, 6) is 0.118. The molecule has 1 unspecified atom stereocenters. The Labute approximate surface area is 137 Å². The number of nitrogens with zero attached hydrogens (tertiary/aromatic N) is 2. The Morgan fingerprint density at radius 3 is 2.86 bits per heavy atom. The Balaban J connectivity index is 2.38. The number of aromatic nitrogens is 1. The molecule has 0 spiro atoms. The second-order valence-electron chi connectivity index (χ2n) is 4.73. The molecule has 0 aliphatic heterocycles. The molecule has 0 saturated heterocycles. The van der Waals surface area contributed by atoms with Gasteiger partial charge in [0.2, 0.25) is 0 Å². The number of benzene rings is 1. The summed E-state index contributed by atoms with van der Waals surface area (Å²) in [5, 5.41) is 15.3. The fourth-order valence-corrected chi connectivity index (χ4v) is 2.89. The third-order valence-corrected chi connectivity index (χ3v) is 4.08. The van der Waals surface area contributed by atoms with E-state index in [0.29, 0.717) is 22.3 Å². The Morgan fingerprint density at radius 1 is 1.55 bits per heavy atom. The first kappa shape index (κ1) is 16.9. The fraction of sp³-hybridized carbons (Fsp3) is 0.333. The van der Waals surface area contributed by atoms with Crippen molar-refractivity contribution in [2.45, 2.75) is 32.5 Å². The van der Waals surface area contributed by atoms with Crippen LogP contribution in [0.1, 0.15) is 36.9 Å². The zero-order valence-electron chi connectivity index (χ0n) is 12.3. The van der Waals surface area contributed by atoms with Gasteiger partial charge in [-0.05, 0) is 31.0 Å². The molecule has 0 radical (unpaired) electrons. The van der Waals surface area contributed by atoms with Crippen LogP contribution >= 0.6 is 22.9 Å². The van der Waals surface area contributed by atoms with Gasteiger partial charge in [0.25, 0.3) is 0 Å². The maximum absolute atomic E-state index is 13.2. The molecule has 0 aliphatic carbocycles. The smallest absolute Gasteiger partial charge is 0.160 e. The van der Waals surface area contributed by atoms with Crippen LogP contribution in [0.15, 0.2) is 34.8 Å². The normalized spacial score (nSPS) is 14.7. The quantitative estimate of drug-likeness (QED) is 0.494. The number of nitrogens with one attached hydrogen (secondary N) is 1. The minimum Gasteiger partial charge on any atom is -0.374 e. The van der Waals surface area contributed by atoms with Gasteiger partial charge in [-0.2, -0.15) is 0 Å². The van der Waals surface area contributed by atoms with Crippen molar-refractivity contribution < 1.29 is 9.50 Å². The lowest BCUT2D eigenvalue weighted by Crippen LogP contribution is -2.33. The van der Waals surface area contributed by atoms with E-state index in [9.17, 15) is 9.50 Å². The number of aliphatic hydroxyl groups excluding tert-OH is 1. The van der Waals surface area contributed by atoms with Gasteiger partial charge >= 0.3 is 0 Å². The lowest BCUT2D eigenvalue weighted by Gasteiger charge is -2.16. The second-order valence-corrected chi connectivity index (χ2v) is 6.03.